The molecule has 1 rings (SSSR count). The molecule has 1 aliphatic rings. The van der Waals surface area contributed by atoms with Crippen LogP contribution in [0.2, 0.25) is 0 Å². The number of carboxylic acids is 1. The lowest BCUT2D eigenvalue weighted by Gasteiger charge is -2.30. The molecule has 0 bridgehead atoms. The van der Waals surface area contributed by atoms with E-state index in [0.717, 1.165) is 18.8 Å². The second-order valence-electron chi connectivity index (χ2n) is 4.12. The van der Waals surface area contributed by atoms with E-state index in [4.69, 9.17) is 5.11 Å². The van der Waals surface area contributed by atoms with Gasteiger partial charge in [0.2, 0.25) is 0 Å². The molecule has 1 saturated carbocycles. The SMILES string of the molecule is CN[C@H](C(=O)O)[C@H]1CC[C@H](C)CC1.Cl. The van der Waals surface area contributed by atoms with Crippen molar-refractivity contribution >= 4 is 18.4 Å². The molecule has 0 radical (unpaired) electrons. The fourth-order valence-electron chi connectivity index (χ4n) is 2.18. The lowest BCUT2D eigenvalue weighted by molar-refractivity contribution is -0.141. The minimum Gasteiger partial charge on any atom is -0.480 e. The number of carboxylic acid groups (broad SMARTS) is 1. The first-order valence-electron chi connectivity index (χ1n) is 5.05. The lowest BCUT2D eigenvalue weighted by Crippen LogP contribution is -2.42. The van der Waals surface area contributed by atoms with E-state index >= 15 is 0 Å². The maximum absolute atomic E-state index is 10.8. The molecule has 1 fully saturated rings. The number of aliphatic carboxylic acids is 1. The van der Waals surface area contributed by atoms with Crippen LogP contribution in [0.5, 0.6) is 0 Å². The molecule has 3 nitrogen and oxygen atoms in total. The Morgan fingerprint density at radius 2 is 1.86 bits per heavy atom. The van der Waals surface area contributed by atoms with Gasteiger partial charge in [-0.2, -0.15) is 0 Å². The average Bonchev–Trinajstić information content (AvgIpc) is 2.09. The van der Waals surface area contributed by atoms with Crippen molar-refractivity contribution in [3.63, 3.8) is 0 Å². The Morgan fingerprint density at radius 1 is 1.36 bits per heavy atom. The largest absolute Gasteiger partial charge is 0.480 e. The van der Waals surface area contributed by atoms with Crippen molar-refractivity contribution in [3.8, 4) is 0 Å². The van der Waals surface area contributed by atoms with Gasteiger partial charge < -0.3 is 10.4 Å². The molecule has 14 heavy (non-hydrogen) atoms. The maximum Gasteiger partial charge on any atom is 0.320 e. The minimum absolute atomic E-state index is 0. The van der Waals surface area contributed by atoms with E-state index in [1.54, 1.807) is 7.05 Å². The highest BCUT2D eigenvalue weighted by Crippen LogP contribution is 2.30. The molecule has 0 aromatic carbocycles. The zero-order valence-electron chi connectivity index (χ0n) is 8.82. The van der Waals surface area contributed by atoms with Crippen molar-refractivity contribution < 1.29 is 9.90 Å². The molecule has 0 aliphatic heterocycles. The van der Waals surface area contributed by atoms with Gasteiger partial charge >= 0.3 is 5.97 Å². The first-order chi connectivity index (χ1) is 6.15. The van der Waals surface area contributed by atoms with Crippen LogP contribution in [0.3, 0.4) is 0 Å². The Hall–Kier alpha value is -0.280. The van der Waals surface area contributed by atoms with Crippen LogP contribution in [0.1, 0.15) is 32.6 Å². The Balaban J connectivity index is 0.00000169. The standard InChI is InChI=1S/C10H19NO2.ClH/c1-7-3-5-8(6-4-7)9(11-2)10(12)13;/h7-9,11H,3-6H2,1-2H3,(H,12,13);1H/t7-,8-,9-;/m0./s1. The van der Waals surface area contributed by atoms with E-state index in [-0.39, 0.29) is 18.4 Å². The minimum atomic E-state index is -0.706. The third-order valence-electron chi connectivity index (χ3n) is 3.11. The highest BCUT2D eigenvalue weighted by Gasteiger charge is 2.29. The van der Waals surface area contributed by atoms with E-state index in [0.29, 0.717) is 5.92 Å². The molecule has 0 aromatic heterocycles. The smallest absolute Gasteiger partial charge is 0.320 e. The van der Waals surface area contributed by atoms with Gasteiger partial charge in [-0.1, -0.05) is 19.8 Å². The van der Waals surface area contributed by atoms with E-state index in [9.17, 15) is 4.79 Å². The van der Waals surface area contributed by atoms with Crippen LogP contribution in [-0.2, 0) is 4.79 Å². The van der Waals surface area contributed by atoms with E-state index in [1.165, 1.54) is 12.8 Å². The lowest BCUT2D eigenvalue weighted by atomic mass is 9.79. The molecule has 0 heterocycles. The van der Waals surface area contributed by atoms with Crippen LogP contribution in [-0.4, -0.2) is 24.2 Å². The van der Waals surface area contributed by atoms with Gasteiger partial charge in [-0.25, -0.2) is 0 Å². The molecule has 1 atom stereocenters. The van der Waals surface area contributed by atoms with Crippen LogP contribution in [0.4, 0.5) is 0 Å². The van der Waals surface area contributed by atoms with Crippen molar-refractivity contribution in [1.82, 2.24) is 5.32 Å². The van der Waals surface area contributed by atoms with Gasteiger partial charge in [0.1, 0.15) is 6.04 Å². The second kappa shape index (κ2) is 6.25. The Morgan fingerprint density at radius 3 is 2.21 bits per heavy atom. The molecule has 2 N–H and O–H groups in total. The summed E-state index contributed by atoms with van der Waals surface area (Å²) in [6, 6.07) is -0.340. The van der Waals surface area contributed by atoms with Crippen molar-refractivity contribution in [2.24, 2.45) is 11.8 Å². The molecule has 4 heteroatoms. The zero-order chi connectivity index (χ0) is 9.84. The van der Waals surface area contributed by atoms with Gasteiger partial charge in [-0.3, -0.25) is 4.79 Å². The zero-order valence-corrected chi connectivity index (χ0v) is 9.64. The monoisotopic (exact) mass is 221 g/mol. The van der Waals surface area contributed by atoms with Crippen LogP contribution in [0.25, 0.3) is 0 Å². The first-order valence-corrected chi connectivity index (χ1v) is 5.05. The number of hydrogen-bond acceptors (Lipinski definition) is 2. The fraction of sp³-hybridized carbons (Fsp3) is 0.900. The van der Waals surface area contributed by atoms with Gasteiger partial charge in [-0.05, 0) is 31.7 Å². The summed E-state index contributed by atoms with van der Waals surface area (Å²) in [5.41, 5.74) is 0. The predicted molar refractivity (Wildman–Crippen MR) is 58.9 cm³/mol. The molecule has 0 saturated heterocycles. The summed E-state index contributed by atoms with van der Waals surface area (Å²) < 4.78 is 0. The average molecular weight is 222 g/mol. The van der Waals surface area contributed by atoms with Crippen LogP contribution in [0.15, 0.2) is 0 Å². The maximum atomic E-state index is 10.8. The predicted octanol–water partition coefficient (Wildman–Crippen LogP) is 1.91. The summed E-state index contributed by atoms with van der Waals surface area (Å²) in [6.45, 7) is 2.24. The van der Waals surface area contributed by atoms with Crippen LogP contribution in [0, 0.1) is 11.8 Å². The van der Waals surface area contributed by atoms with E-state index in [2.05, 4.69) is 12.2 Å². The number of halogens is 1. The molecular weight excluding hydrogens is 202 g/mol. The molecule has 1 aliphatic carbocycles. The Kier molecular flexibility index (Phi) is 6.12. The van der Waals surface area contributed by atoms with Crippen LogP contribution < -0.4 is 5.32 Å². The molecule has 0 aromatic rings. The quantitative estimate of drug-likeness (QED) is 0.766. The van der Waals surface area contributed by atoms with Gasteiger partial charge in [0.25, 0.3) is 0 Å². The number of carbonyl (C=O) groups is 1. The molecule has 0 spiro atoms. The summed E-state index contributed by atoms with van der Waals surface area (Å²) in [5, 5.41) is 11.8. The summed E-state index contributed by atoms with van der Waals surface area (Å²) in [7, 11) is 1.73. The Bertz CT molecular complexity index is 179. The van der Waals surface area contributed by atoms with E-state index < -0.39 is 5.97 Å². The fourth-order valence-corrected chi connectivity index (χ4v) is 2.18. The number of nitrogens with one attached hydrogen (secondary N) is 1. The normalized spacial score (nSPS) is 29.0. The van der Waals surface area contributed by atoms with Crippen LogP contribution >= 0.6 is 12.4 Å². The van der Waals surface area contributed by atoms with E-state index in [1.807, 2.05) is 0 Å². The highest BCUT2D eigenvalue weighted by atomic mass is 35.5. The first kappa shape index (κ1) is 13.7. The summed E-state index contributed by atoms with van der Waals surface area (Å²) in [5.74, 6) is 0.406. The number of likely N-dealkylation sites (N-methyl/N-ethyl adjacent to an activating group) is 1. The highest BCUT2D eigenvalue weighted by molar-refractivity contribution is 5.85. The Labute approximate surface area is 91.7 Å². The molecule has 0 amide bonds. The van der Waals surface area contributed by atoms with Gasteiger partial charge in [0.15, 0.2) is 0 Å². The molecule has 84 valence electrons. The molecule has 0 unspecified atom stereocenters. The van der Waals surface area contributed by atoms with Gasteiger partial charge in [-0.15, -0.1) is 12.4 Å². The topological polar surface area (TPSA) is 49.3 Å². The van der Waals surface area contributed by atoms with Gasteiger partial charge in [0.05, 0.1) is 0 Å². The summed E-state index contributed by atoms with van der Waals surface area (Å²) in [4.78, 5) is 10.8. The van der Waals surface area contributed by atoms with Gasteiger partial charge in [0, 0.05) is 0 Å². The third kappa shape index (κ3) is 3.46. The number of hydrogen-bond donors (Lipinski definition) is 2. The number of rotatable bonds is 3. The summed E-state index contributed by atoms with van der Waals surface area (Å²) >= 11 is 0. The van der Waals surface area contributed by atoms with Crippen molar-refractivity contribution in [1.29, 1.82) is 0 Å². The van der Waals surface area contributed by atoms with Crippen molar-refractivity contribution in [2.75, 3.05) is 7.05 Å². The second-order valence-corrected chi connectivity index (χ2v) is 4.12. The summed E-state index contributed by atoms with van der Waals surface area (Å²) in [6.07, 6.45) is 4.46. The molecular formula is C10H20ClNO2. The van der Waals surface area contributed by atoms with Crippen molar-refractivity contribution in [3.05, 3.63) is 0 Å². The third-order valence-corrected chi connectivity index (χ3v) is 3.11. The van der Waals surface area contributed by atoms with Crippen molar-refractivity contribution in [2.45, 2.75) is 38.6 Å².